The van der Waals surface area contributed by atoms with Crippen LogP contribution >= 0.6 is 0 Å². The van der Waals surface area contributed by atoms with Crippen molar-refractivity contribution < 1.29 is 30.3 Å². The van der Waals surface area contributed by atoms with Crippen LogP contribution < -0.4 is 5.32 Å². The first-order valence-corrected chi connectivity index (χ1v) is 12.1. The molecule has 0 fully saturated rings. The van der Waals surface area contributed by atoms with E-state index in [9.17, 15) is 30.3 Å². The van der Waals surface area contributed by atoms with Crippen molar-refractivity contribution >= 4 is 5.91 Å². The van der Waals surface area contributed by atoms with Gasteiger partial charge in [-0.15, -0.1) is 0 Å². The molecule has 0 saturated heterocycles. The monoisotopic (exact) mass is 447 g/mol. The van der Waals surface area contributed by atoms with Gasteiger partial charge in [0.15, 0.2) is 0 Å². The Morgan fingerprint density at radius 2 is 1.32 bits per heavy atom. The number of amides is 1. The van der Waals surface area contributed by atoms with E-state index >= 15 is 0 Å². The maximum Gasteiger partial charge on any atom is 0.217 e. The maximum atomic E-state index is 11.0. The first-order chi connectivity index (χ1) is 14.5. The number of nitrogens with one attached hydrogen (secondary N) is 1. The molecule has 0 aliphatic carbocycles. The highest BCUT2D eigenvalue weighted by molar-refractivity contribution is 5.73. The van der Waals surface area contributed by atoms with Gasteiger partial charge in [-0.2, -0.15) is 0 Å². The Balaban J connectivity index is 4.04. The topological polar surface area (TPSA) is 130 Å². The molecular formula is C24H49NO6. The van der Waals surface area contributed by atoms with E-state index in [-0.39, 0.29) is 24.2 Å². The molecule has 0 aliphatic heterocycles. The van der Waals surface area contributed by atoms with Gasteiger partial charge in [-0.25, -0.2) is 0 Å². The molecule has 0 radical (unpaired) electrons. The van der Waals surface area contributed by atoms with Crippen LogP contribution in [0.25, 0.3) is 0 Å². The summed E-state index contributed by atoms with van der Waals surface area (Å²) in [6.07, 6.45) is 3.52. The van der Waals surface area contributed by atoms with Crippen molar-refractivity contribution in [3.63, 3.8) is 0 Å². The average molecular weight is 448 g/mol. The number of unbranched alkanes of at least 4 members (excludes halogenated alkanes) is 2. The van der Waals surface area contributed by atoms with Gasteiger partial charge in [-0.1, -0.05) is 46.5 Å². The van der Waals surface area contributed by atoms with Gasteiger partial charge in [0, 0.05) is 13.3 Å². The molecule has 1 amide bonds. The van der Waals surface area contributed by atoms with Crippen molar-refractivity contribution in [1.29, 1.82) is 0 Å². The fourth-order valence-electron chi connectivity index (χ4n) is 4.08. The second-order valence-corrected chi connectivity index (χ2v) is 9.64. The fraction of sp³-hybridized carbons (Fsp3) is 0.958. The molecule has 186 valence electrons. The van der Waals surface area contributed by atoms with E-state index in [0.717, 1.165) is 32.1 Å². The summed E-state index contributed by atoms with van der Waals surface area (Å²) < 4.78 is 0. The third-order valence-corrected chi connectivity index (χ3v) is 6.15. The number of hydrogen-bond donors (Lipinski definition) is 6. The quantitative estimate of drug-likeness (QED) is 0.179. The Morgan fingerprint density at radius 1 is 0.774 bits per heavy atom. The molecule has 0 heterocycles. The Morgan fingerprint density at radius 3 is 1.84 bits per heavy atom. The second kappa shape index (κ2) is 16.8. The number of carbonyl (C=O) groups is 1. The van der Waals surface area contributed by atoms with Gasteiger partial charge in [0.1, 0.15) is 0 Å². The standard InChI is InChI=1S/C24H49NO6/c1-6-7-10-17(3)24(31)23(30)14-16(2)13-20(27)11-8-9-12-21(28)15-22(29)18(4)25-19(5)26/h16-18,20-24,27-31H,6-15H2,1-5H3,(H,25,26)/t16-,17+,18-,20+,21+,22-,23-,24+/m1/s1. The van der Waals surface area contributed by atoms with Gasteiger partial charge in [-0.3, -0.25) is 4.79 Å². The molecule has 0 aliphatic rings. The summed E-state index contributed by atoms with van der Waals surface area (Å²) in [5, 5.41) is 53.6. The minimum absolute atomic E-state index is 0.0678. The lowest BCUT2D eigenvalue weighted by atomic mass is 9.88. The number of aliphatic hydroxyl groups excluding tert-OH is 5. The van der Waals surface area contributed by atoms with Gasteiger partial charge in [0.25, 0.3) is 0 Å². The van der Waals surface area contributed by atoms with E-state index in [1.165, 1.54) is 6.92 Å². The molecule has 0 aromatic heterocycles. The molecule has 7 heteroatoms. The molecule has 31 heavy (non-hydrogen) atoms. The lowest BCUT2D eigenvalue weighted by Gasteiger charge is -2.26. The van der Waals surface area contributed by atoms with Gasteiger partial charge >= 0.3 is 0 Å². The van der Waals surface area contributed by atoms with Crippen molar-refractivity contribution in [3.05, 3.63) is 0 Å². The van der Waals surface area contributed by atoms with Crippen LogP contribution in [0.3, 0.4) is 0 Å². The summed E-state index contributed by atoms with van der Waals surface area (Å²) in [5.74, 6) is -0.0374. The van der Waals surface area contributed by atoms with Crippen LogP contribution in [-0.4, -0.2) is 68.0 Å². The first kappa shape index (κ1) is 30.3. The van der Waals surface area contributed by atoms with Crippen LogP contribution in [0.1, 0.15) is 98.8 Å². The van der Waals surface area contributed by atoms with Gasteiger partial charge < -0.3 is 30.8 Å². The lowest BCUT2D eigenvalue weighted by Crippen LogP contribution is -2.41. The number of hydrogen-bond acceptors (Lipinski definition) is 6. The molecule has 0 unspecified atom stereocenters. The van der Waals surface area contributed by atoms with E-state index < -0.39 is 36.6 Å². The summed E-state index contributed by atoms with van der Waals surface area (Å²) in [7, 11) is 0. The number of rotatable bonds is 18. The summed E-state index contributed by atoms with van der Waals surface area (Å²) in [6.45, 7) is 9.16. The third-order valence-electron chi connectivity index (χ3n) is 6.15. The van der Waals surface area contributed by atoms with Crippen molar-refractivity contribution in [2.75, 3.05) is 0 Å². The maximum absolute atomic E-state index is 11.0. The van der Waals surface area contributed by atoms with Crippen molar-refractivity contribution in [1.82, 2.24) is 5.32 Å². The van der Waals surface area contributed by atoms with Crippen molar-refractivity contribution in [3.8, 4) is 0 Å². The Hall–Kier alpha value is -0.730. The summed E-state index contributed by atoms with van der Waals surface area (Å²) >= 11 is 0. The zero-order chi connectivity index (χ0) is 24.0. The Bertz CT molecular complexity index is 463. The van der Waals surface area contributed by atoms with Crippen LogP contribution in [0.2, 0.25) is 0 Å². The van der Waals surface area contributed by atoms with Crippen LogP contribution in [-0.2, 0) is 4.79 Å². The number of aliphatic hydroxyl groups is 5. The normalized spacial score (nSPS) is 19.7. The first-order valence-electron chi connectivity index (χ1n) is 12.1. The van der Waals surface area contributed by atoms with Gasteiger partial charge in [0.2, 0.25) is 5.91 Å². The van der Waals surface area contributed by atoms with E-state index in [2.05, 4.69) is 12.2 Å². The molecule has 7 nitrogen and oxygen atoms in total. The highest BCUT2D eigenvalue weighted by Crippen LogP contribution is 2.22. The molecule has 0 bridgehead atoms. The van der Waals surface area contributed by atoms with Gasteiger partial charge in [0.05, 0.1) is 36.6 Å². The van der Waals surface area contributed by atoms with Crippen LogP contribution in [0.4, 0.5) is 0 Å². The van der Waals surface area contributed by atoms with E-state index in [1.807, 2.05) is 13.8 Å². The molecule has 8 atom stereocenters. The van der Waals surface area contributed by atoms with E-state index in [0.29, 0.717) is 25.7 Å². The minimum atomic E-state index is -0.795. The molecular weight excluding hydrogens is 398 g/mol. The zero-order valence-corrected chi connectivity index (χ0v) is 20.3. The molecule has 0 saturated carbocycles. The predicted octanol–water partition coefficient (Wildman–Crippen LogP) is 2.51. The SMILES string of the molecule is CCCC[C@H](C)[C@H](O)[C@H](O)C[C@H](C)C[C@@H](O)CCCC[C@H](O)C[C@@H](O)[C@@H](C)NC(C)=O. The van der Waals surface area contributed by atoms with Gasteiger partial charge in [-0.05, 0) is 50.9 Å². The third kappa shape index (κ3) is 14.9. The predicted molar refractivity (Wildman–Crippen MR) is 123 cm³/mol. The number of carbonyl (C=O) groups excluding carboxylic acids is 1. The molecule has 0 rings (SSSR count). The highest BCUT2D eigenvalue weighted by atomic mass is 16.3. The highest BCUT2D eigenvalue weighted by Gasteiger charge is 2.25. The van der Waals surface area contributed by atoms with Crippen molar-refractivity contribution in [2.45, 2.75) is 135 Å². The summed E-state index contributed by atoms with van der Waals surface area (Å²) in [5.41, 5.74) is 0. The molecule has 0 spiro atoms. The smallest absolute Gasteiger partial charge is 0.217 e. The molecule has 6 N–H and O–H groups in total. The lowest BCUT2D eigenvalue weighted by molar-refractivity contribution is -0.120. The second-order valence-electron chi connectivity index (χ2n) is 9.64. The minimum Gasteiger partial charge on any atom is -0.393 e. The van der Waals surface area contributed by atoms with Crippen molar-refractivity contribution in [2.24, 2.45) is 11.8 Å². The van der Waals surface area contributed by atoms with Crippen LogP contribution in [0, 0.1) is 11.8 Å². The summed E-state index contributed by atoms with van der Waals surface area (Å²) in [6, 6.07) is -0.404. The van der Waals surface area contributed by atoms with E-state index in [1.54, 1.807) is 6.92 Å². The zero-order valence-electron chi connectivity index (χ0n) is 20.3. The fourth-order valence-corrected chi connectivity index (χ4v) is 4.08. The summed E-state index contributed by atoms with van der Waals surface area (Å²) in [4.78, 5) is 11.0. The molecule has 0 aromatic rings. The average Bonchev–Trinajstić information content (AvgIpc) is 2.67. The molecule has 0 aromatic carbocycles. The largest absolute Gasteiger partial charge is 0.393 e. The van der Waals surface area contributed by atoms with Crippen LogP contribution in [0.5, 0.6) is 0 Å². The Labute approximate surface area is 189 Å². The Kier molecular flexibility index (Phi) is 16.4. The van der Waals surface area contributed by atoms with E-state index in [4.69, 9.17) is 0 Å². The van der Waals surface area contributed by atoms with Crippen LogP contribution in [0.15, 0.2) is 0 Å².